The quantitative estimate of drug-likeness (QED) is 0.647. The van der Waals surface area contributed by atoms with Crippen molar-refractivity contribution in [3.63, 3.8) is 0 Å². The number of hydrogen-bond donors (Lipinski definition) is 2. The number of carbonyl (C=O) groups is 2. The van der Waals surface area contributed by atoms with Gasteiger partial charge in [-0.25, -0.2) is 0 Å². The first kappa shape index (κ1) is 22.7. The van der Waals surface area contributed by atoms with Crippen molar-refractivity contribution in [1.29, 1.82) is 0 Å². The Morgan fingerprint density at radius 3 is 2.29 bits per heavy atom. The van der Waals surface area contributed by atoms with Crippen molar-refractivity contribution in [2.45, 2.75) is 58.4 Å². The van der Waals surface area contributed by atoms with Crippen molar-refractivity contribution in [2.24, 2.45) is 5.92 Å². The van der Waals surface area contributed by atoms with Crippen LogP contribution < -0.4 is 16.1 Å². The van der Waals surface area contributed by atoms with Gasteiger partial charge >= 0.3 is 0 Å². The third-order valence-electron chi connectivity index (χ3n) is 5.68. The second kappa shape index (κ2) is 10.9. The zero-order valence-corrected chi connectivity index (χ0v) is 18.4. The fourth-order valence-corrected chi connectivity index (χ4v) is 3.85. The monoisotopic (exact) mass is 424 g/mol. The topological polar surface area (TPSA) is 93.1 Å². The summed E-state index contributed by atoms with van der Waals surface area (Å²) in [5.74, 6) is -0.420. The summed E-state index contributed by atoms with van der Waals surface area (Å²) in [6.07, 6.45) is 10.5. The lowest BCUT2D eigenvalue weighted by atomic mass is 10.1. The molecule has 0 saturated heterocycles. The molecule has 1 aliphatic carbocycles. The molecular weight excluding hydrogens is 392 g/mol. The first-order valence-electron chi connectivity index (χ1n) is 11.2. The molecule has 0 bridgehead atoms. The van der Waals surface area contributed by atoms with Gasteiger partial charge in [0.15, 0.2) is 0 Å². The highest BCUT2D eigenvalue weighted by Gasteiger charge is 2.23. The zero-order valence-electron chi connectivity index (χ0n) is 18.4. The predicted molar refractivity (Wildman–Crippen MR) is 120 cm³/mol. The average Bonchev–Trinajstić information content (AvgIpc) is 3.29. The van der Waals surface area contributed by atoms with E-state index in [1.807, 2.05) is 22.8 Å². The first-order chi connectivity index (χ1) is 15.0. The van der Waals surface area contributed by atoms with Gasteiger partial charge in [0.05, 0.1) is 0 Å². The largest absolute Gasteiger partial charge is 0.352 e. The Hall–Kier alpha value is -2.96. The molecule has 31 heavy (non-hydrogen) atoms. The van der Waals surface area contributed by atoms with Crippen molar-refractivity contribution in [1.82, 2.24) is 20.2 Å². The van der Waals surface area contributed by atoms with Crippen LogP contribution in [0.25, 0.3) is 0 Å². The second-order valence-electron chi connectivity index (χ2n) is 8.57. The van der Waals surface area contributed by atoms with Gasteiger partial charge in [-0.1, -0.05) is 32.8 Å². The van der Waals surface area contributed by atoms with Crippen LogP contribution in [0, 0.1) is 5.92 Å². The Kier molecular flexibility index (Phi) is 7.98. The summed E-state index contributed by atoms with van der Waals surface area (Å²) < 4.78 is 1.89. The molecule has 2 N–H and O–H groups in total. The summed E-state index contributed by atoms with van der Waals surface area (Å²) in [6.45, 7) is 5.02. The van der Waals surface area contributed by atoms with Crippen LogP contribution in [0.1, 0.15) is 78.4 Å². The van der Waals surface area contributed by atoms with Gasteiger partial charge in [0.2, 0.25) is 5.43 Å². The number of hydrogen-bond acceptors (Lipinski definition) is 4. The predicted octanol–water partition coefficient (Wildman–Crippen LogP) is 3.11. The molecular formula is C24H32N4O3. The van der Waals surface area contributed by atoms with Crippen LogP contribution in [0.4, 0.5) is 0 Å². The number of amides is 2. The molecule has 3 rings (SSSR count). The van der Waals surface area contributed by atoms with Crippen molar-refractivity contribution < 1.29 is 9.59 Å². The van der Waals surface area contributed by atoms with Crippen LogP contribution in [0.5, 0.6) is 0 Å². The molecule has 0 unspecified atom stereocenters. The highest BCUT2D eigenvalue weighted by molar-refractivity contribution is 5.99. The van der Waals surface area contributed by atoms with Gasteiger partial charge in [-0.15, -0.1) is 0 Å². The Bertz CT molecular complexity index is 947. The lowest BCUT2D eigenvalue weighted by molar-refractivity contribution is 0.0949. The molecule has 2 aromatic rings. The number of carbonyl (C=O) groups excluding carboxylic acids is 2. The first-order valence-corrected chi connectivity index (χ1v) is 11.2. The molecule has 166 valence electrons. The van der Waals surface area contributed by atoms with E-state index < -0.39 is 17.2 Å². The maximum absolute atomic E-state index is 13.0. The summed E-state index contributed by atoms with van der Waals surface area (Å²) in [5, 5.41) is 5.63. The van der Waals surface area contributed by atoms with Crippen LogP contribution in [0.3, 0.4) is 0 Å². The van der Waals surface area contributed by atoms with Crippen LogP contribution in [-0.4, -0.2) is 34.5 Å². The van der Waals surface area contributed by atoms with E-state index >= 15 is 0 Å². The molecule has 2 heterocycles. The van der Waals surface area contributed by atoms with E-state index in [1.54, 1.807) is 18.6 Å². The van der Waals surface area contributed by atoms with Crippen LogP contribution >= 0.6 is 0 Å². The smallest absolute Gasteiger partial charge is 0.256 e. The number of rotatable bonds is 9. The van der Waals surface area contributed by atoms with Crippen molar-refractivity contribution in [3.05, 3.63) is 63.8 Å². The minimum Gasteiger partial charge on any atom is -0.352 e. The molecule has 0 aromatic carbocycles. The molecule has 2 amide bonds. The molecule has 0 atom stereocenters. The van der Waals surface area contributed by atoms with E-state index in [-0.39, 0.29) is 17.2 Å². The van der Waals surface area contributed by atoms with Gasteiger partial charge in [0, 0.05) is 49.8 Å². The maximum Gasteiger partial charge on any atom is 0.256 e. The van der Waals surface area contributed by atoms with Gasteiger partial charge in [0.25, 0.3) is 11.8 Å². The normalized spacial score (nSPS) is 14.0. The molecule has 0 aliphatic heterocycles. The van der Waals surface area contributed by atoms with Gasteiger partial charge < -0.3 is 15.2 Å². The SMILES string of the molecule is CC(C)CCNC(=O)c1cn(C2CCCC2)cc(C(=O)NCCc2ccccn2)c1=O. The van der Waals surface area contributed by atoms with Crippen LogP contribution in [0.15, 0.2) is 41.6 Å². The van der Waals surface area contributed by atoms with Crippen molar-refractivity contribution in [2.75, 3.05) is 13.1 Å². The summed E-state index contributed by atoms with van der Waals surface area (Å²) in [4.78, 5) is 42.8. The van der Waals surface area contributed by atoms with E-state index in [0.717, 1.165) is 37.8 Å². The summed E-state index contributed by atoms with van der Waals surface area (Å²) in [6, 6.07) is 5.83. The average molecular weight is 425 g/mol. The summed E-state index contributed by atoms with van der Waals surface area (Å²) in [7, 11) is 0. The Morgan fingerprint density at radius 2 is 1.71 bits per heavy atom. The number of pyridine rings is 2. The third kappa shape index (κ3) is 6.26. The molecule has 1 fully saturated rings. The van der Waals surface area contributed by atoms with E-state index in [9.17, 15) is 14.4 Å². The molecule has 7 heteroatoms. The standard InChI is InChI=1S/C24H32N4O3/c1-17(2)10-13-26-23(30)20-15-28(19-8-3-4-9-19)16-21(22(20)29)24(31)27-14-11-18-7-5-6-12-25-18/h5-7,12,15-17,19H,3-4,8-11,13-14H2,1-2H3,(H,26,30)(H,27,31). The maximum atomic E-state index is 13.0. The van der Waals surface area contributed by atoms with Gasteiger partial charge in [-0.05, 0) is 37.3 Å². The Labute approximate surface area is 183 Å². The molecule has 1 saturated carbocycles. The van der Waals surface area contributed by atoms with Crippen molar-refractivity contribution >= 4 is 11.8 Å². The van der Waals surface area contributed by atoms with E-state index in [2.05, 4.69) is 29.5 Å². The fourth-order valence-electron chi connectivity index (χ4n) is 3.85. The molecule has 0 radical (unpaired) electrons. The molecule has 7 nitrogen and oxygen atoms in total. The molecule has 1 aliphatic rings. The Balaban J connectivity index is 1.78. The van der Waals surface area contributed by atoms with Crippen LogP contribution in [0.2, 0.25) is 0 Å². The number of nitrogens with one attached hydrogen (secondary N) is 2. The highest BCUT2D eigenvalue weighted by Crippen LogP contribution is 2.29. The van der Waals surface area contributed by atoms with Gasteiger partial charge in [-0.3, -0.25) is 19.4 Å². The summed E-state index contributed by atoms with van der Waals surface area (Å²) >= 11 is 0. The lowest BCUT2D eigenvalue weighted by Crippen LogP contribution is -2.36. The second-order valence-corrected chi connectivity index (χ2v) is 8.57. The fraction of sp³-hybridized carbons (Fsp3) is 0.500. The number of aromatic nitrogens is 2. The van der Waals surface area contributed by atoms with E-state index in [0.29, 0.717) is 25.4 Å². The van der Waals surface area contributed by atoms with Crippen LogP contribution in [-0.2, 0) is 6.42 Å². The number of nitrogens with zero attached hydrogens (tertiary/aromatic N) is 2. The molecule has 2 aromatic heterocycles. The van der Waals surface area contributed by atoms with Crippen molar-refractivity contribution in [3.8, 4) is 0 Å². The lowest BCUT2D eigenvalue weighted by Gasteiger charge is -2.17. The zero-order chi connectivity index (χ0) is 22.2. The Morgan fingerprint density at radius 1 is 1.06 bits per heavy atom. The van der Waals surface area contributed by atoms with E-state index in [1.165, 1.54) is 0 Å². The molecule has 0 spiro atoms. The minimum atomic E-state index is -0.522. The van der Waals surface area contributed by atoms with Gasteiger partial charge in [0.1, 0.15) is 11.1 Å². The van der Waals surface area contributed by atoms with Gasteiger partial charge in [-0.2, -0.15) is 0 Å². The summed E-state index contributed by atoms with van der Waals surface area (Å²) in [5.41, 5.74) is 0.397. The third-order valence-corrected chi connectivity index (χ3v) is 5.68. The minimum absolute atomic E-state index is 0.0180. The highest BCUT2D eigenvalue weighted by atomic mass is 16.2. The van der Waals surface area contributed by atoms with E-state index in [4.69, 9.17) is 0 Å².